The number of rotatable bonds is 5. The fourth-order valence-corrected chi connectivity index (χ4v) is 3.36. The summed E-state index contributed by atoms with van der Waals surface area (Å²) in [7, 11) is -0.866. The number of ether oxygens (including phenoxy) is 1. The van der Waals surface area contributed by atoms with Crippen LogP contribution >= 0.6 is 34.8 Å². The summed E-state index contributed by atoms with van der Waals surface area (Å²) in [4.78, 5) is 12.0. The Morgan fingerprint density at radius 1 is 1.41 bits per heavy atom. The van der Waals surface area contributed by atoms with Crippen LogP contribution in [0, 0.1) is 5.92 Å². The van der Waals surface area contributed by atoms with Crippen LogP contribution in [0.4, 0.5) is 0 Å². The Balaban J connectivity index is 2.18. The number of nitrogens with zero attached hydrogens (tertiary/aromatic N) is 1. The molecule has 1 fully saturated rings. The van der Waals surface area contributed by atoms with E-state index < -0.39 is 20.3 Å². The normalized spacial score (nSPS) is 20.0. The summed E-state index contributed by atoms with van der Waals surface area (Å²) >= 11 is 17.6. The minimum atomic E-state index is -3.66. The van der Waals surface area contributed by atoms with E-state index in [1.54, 1.807) is 0 Å². The zero-order valence-electron chi connectivity index (χ0n) is 11.8. The molecular formula is C13H14Cl3NO4S. The molecule has 0 heterocycles. The molecule has 1 aromatic carbocycles. The fraction of sp³-hybridized carbons (Fsp3) is 0.462. The first-order valence-corrected chi connectivity index (χ1v) is 8.90. The van der Waals surface area contributed by atoms with Crippen LogP contribution in [0.3, 0.4) is 0 Å². The van der Waals surface area contributed by atoms with Crippen LogP contribution in [0.1, 0.15) is 16.8 Å². The van der Waals surface area contributed by atoms with Crippen LogP contribution in [-0.2, 0) is 14.8 Å². The van der Waals surface area contributed by atoms with Crippen LogP contribution in [0.25, 0.3) is 0 Å². The van der Waals surface area contributed by atoms with Crippen molar-refractivity contribution in [3.63, 3.8) is 0 Å². The third-order valence-electron chi connectivity index (χ3n) is 3.31. The van der Waals surface area contributed by atoms with Gasteiger partial charge in [-0.05, 0) is 24.6 Å². The van der Waals surface area contributed by atoms with Gasteiger partial charge in [-0.15, -0.1) is 23.2 Å². The maximum atomic E-state index is 12.1. The number of carbonyl (C=O) groups is 1. The van der Waals surface area contributed by atoms with Crippen molar-refractivity contribution in [3.05, 3.63) is 28.8 Å². The van der Waals surface area contributed by atoms with E-state index in [2.05, 4.69) is 0 Å². The lowest BCUT2D eigenvalue weighted by atomic mass is 10.2. The van der Waals surface area contributed by atoms with Crippen LogP contribution in [-0.4, -0.2) is 43.7 Å². The third-order valence-corrected chi connectivity index (χ3v) is 6.37. The molecule has 1 aromatic rings. The van der Waals surface area contributed by atoms with E-state index in [1.807, 2.05) is 0 Å². The average molecular weight is 387 g/mol. The second-order valence-electron chi connectivity index (χ2n) is 5.19. The number of benzene rings is 1. The lowest BCUT2D eigenvalue weighted by Gasteiger charge is -2.13. The molecule has 0 aromatic heterocycles. The SMILES string of the molecule is CN(C)S(=O)(=O)c1ccc(Cl)c(C(=O)OC[C@@H]2CC2(Cl)Cl)c1. The van der Waals surface area contributed by atoms with Crippen LogP contribution in [0.2, 0.25) is 5.02 Å². The Morgan fingerprint density at radius 2 is 2.00 bits per heavy atom. The van der Waals surface area contributed by atoms with Gasteiger partial charge in [0.1, 0.15) is 4.33 Å². The van der Waals surface area contributed by atoms with E-state index in [9.17, 15) is 13.2 Å². The van der Waals surface area contributed by atoms with Gasteiger partial charge in [0.25, 0.3) is 0 Å². The molecule has 2 rings (SSSR count). The summed E-state index contributed by atoms with van der Waals surface area (Å²) < 4.78 is 29.4. The first-order valence-electron chi connectivity index (χ1n) is 6.33. The average Bonchev–Trinajstić information content (AvgIpc) is 3.03. The number of hydrogen-bond donors (Lipinski definition) is 0. The predicted molar refractivity (Wildman–Crippen MR) is 85.2 cm³/mol. The van der Waals surface area contributed by atoms with Crippen molar-refractivity contribution in [1.29, 1.82) is 0 Å². The molecule has 1 aliphatic carbocycles. The Kier molecular flexibility index (Phi) is 5.00. The first kappa shape index (κ1) is 17.8. The summed E-state index contributed by atoms with van der Waals surface area (Å²) in [6, 6.07) is 3.87. The number of halogens is 3. The molecule has 9 heteroatoms. The highest BCUT2D eigenvalue weighted by molar-refractivity contribution is 7.89. The van der Waals surface area contributed by atoms with Crippen molar-refractivity contribution in [2.45, 2.75) is 15.6 Å². The van der Waals surface area contributed by atoms with Gasteiger partial charge < -0.3 is 4.74 Å². The molecule has 5 nitrogen and oxygen atoms in total. The third kappa shape index (κ3) is 3.68. The fourth-order valence-electron chi connectivity index (χ4n) is 1.74. The Morgan fingerprint density at radius 3 is 2.50 bits per heavy atom. The van der Waals surface area contributed by atoms with E-state index in [1.165, 1.54) is 32.3 Å². The van der Waals surface area contributed by atoms with E-state index in [4.69, 9.17) is 39.5 Å². The molecule has 0 unspecified atom stereocenters. The molecule has 1 atom stereocenters. The second kappa shape index (κ2) is 6.17. The topological polar surface area (TPSA) is 63.7 Å². The number of alkyl halides is 2. The zero-order valence-corrected chi connectivity index (χ0v) is 14.9. The molecule has 0 N–H and O–H groups in total. The Bertz CT molecular complexity index is 703. The summed E-state index contributed by atoms with van der Waals surface area (Å²) in [5.41, 5.74) is -0.0139. The van der Waals surface area contributed by atoms with Gasteiger partial charge in [0.05, 0.1) is 22.1 Å². The number of carbonyl (C=O) groups excluding carboxylic acids is 1. The lowest BCUT2D eigenvalue weighted by Crippen LogP contribution is -2.22. The van der Waals surface area contributed by atoms with Crippen molar-refractivity contribution < 1.29 is 17.9 Å². The maximum Gasteiger partial charge on any atom is 0.339 e. The van der Waals surface area contributed by atoms with Gasteiger partial charge in [0, 0.05) is 20.0 Å². The van der Waals surface area contributed by atoms with E-state index in [0.717, 1.165) is 4.31 Å². The van der Waals surface area contributed by atoms with Gasteiger partial charge in [0.15, 0.2) is 0 Å². The van der Waals surface area contributed by atoms with Gasteiger partial charge in [0.2, 0.25) is 10.0 Å². The minimum Gasteiger partial charge on any atom is -0.462 e. The second-order valence-corrected chi connectivity index (χ2v) is 9.29. The van der Waals surface area contributed by atoms with Crippen LogP contribution < -0.4 is 0 Å². The van der Waals surface area contributed by atoms with Crippen LogP contribution in [0.5, 0.6) is 0 Å². The molecule has 0 amide bonds. The molecule has 122 valence electrons. The molecule has 0 radical (unpaired) electrons. The van der Waals surface area contributed by atoms with Gasteiger partial charge >= 0.3 is 5.97 Å². The quantitative estimate of drug-likeness (QED) is 0.576. The van der Waals surface area contributed by atoms with E-state index in [0.29, 0.717) is 6.42 Å². The molecule has 1 aliphatic rings. The van der Waals surface area contributed by atoms with Gasteiger partial charge in [-0.25, -0.2) is 17.5 Å². The highest BCUT2D eigenvalue weighted by atomic mass is 35.5. The first-order chi connectivity index (χ1) is 10.1. The Labute approximate surface area is 144 Å². The highest BCUT2D eigenvalue weighted by Gasteiger charge is 2.52. The van der Waals surface area contributed by atoms with Gasteiger partial charge in [-0.3, -0.25) is 0 Å². The Hall–Kier alpha value is -0.530. The van der Waals surface area contributed by atoms with Crippen molar-refractivity contribution in [1.82, 2.24) is 4.31 Å². The summed E-state index contributed by atoms with van der Waals surface area (Å²) in [6.45, 7) is 0.0623. The van der Waals surface area contributed by atoms with Crippen LogP contribution in [0.15, 0.2) is 23.1 Å². The van der Waals surface area contributed by atoms with Crippen molar-refractivity contribution >= 4 is 50.8 Å². The van der Waals surface area contributed by atoms with E-state index in [-0.39, 0.29) is 28.0 Å². The van der Waals surface area contributed by atoms with Crippen molar-refractivity contribution in [2.24, 2.45) is 5.92 Å². The molecule has 0 spiro atoms. The van der Waals surface area contributed by atoms with Crippen molar-refractivity contribution in [2.75, 3.05) is 20.7 Å². The summed E-state index contributed by atoms with van der Waals surface area (Å²) in [5.74, 6) is -0.830. The molecule has 22 heavy (non-hydrogen) atoms. The molecule has 0 bridgehead atoms. The molecule has 0 saturated heterocycles. The maximum absolute atomic E-state index is 12.1. The van der Waals surface area contributed by atoms with Gasteiger partial charge in [-0.1, -0.05) is 11.6 Å². The van der Waals surface area contributed by atoms with E-state index >= 15 is 0 Å². The monoisotopic (exact) mass is 385 g/mol. The molecule has 0 aliphatic heterocycles. The van der Waals surface area contributed by atoms with Gasteiger partial charge in [-0.2, -0.15) is 0 Å². The molecule has 1 saturated carbocycles. The lowest BCUT2D eigenvalue weighted by molar-refractivity contribution is 0.0485. The minimum absolute atomic E-state index is 0.0139. The summed E-state index contributed by atoms with van der Waals surface area (Å²) in [6.07, 6.45) is 0.548. The number of sulfonamides is 1. The van der Waals surface area contributed by atoms with Crippen molar-refractivity contribution in [3.8, 4) is 0 Å². The highest BCUT2D eigenvalue weighted by Crippen LogP contribution is 2.53. The number of esters is 1. The largest absolute Gasteiger partial charge is 0.462 e. The summed E-state index contributed by atoms with van der Waals surface area (Å²) in [5, 5.41) is 0.113. The predicted octanol–water partition coefficient (Wildman–Crippen LogP) is 2.94. The number of hydrogen-bond acceptors (Lipinski definition) is 4. The molecular weight excluding hydrogens is 373 g/mol. The standard InChI is InChI=1S/C13H14Cl3NO4S/c1-17(2)22(19,20)9-3-4-11(14)10(5-9)12(18)21-7-8-6-13(8,15)16/h3-5,8H,6-7H2,1-2H3/t8-/m0/s1. The zero-order chi connectivity index (χ0) is 16.7. The smallest absolute Gasteiger partial charge is 0.339 e.